The van der Waals surface area contributed by atoms with Gasteiger partial charge >= 0.3 is 0 Å². The molecule has 3 rings (SSSR count). The number of carbonyl (C=O) groups is 2. The highest BCUT2D eigenvalue weighted by atomic mass is 35.5. The maximum Gasteiger partial charge on any atom is 0.228 e. The van der Waals surface area contributed by atoms with Gasteiger partial charge in [-0.3, -0.25) is 9.59 Å². The molecule has 2 aromatic carbocycles. The van der Waals surface area contributed by atoms with Crippen LogP contribution in [0.1, 0.15) is 25.3 Å². The number of aryl methyl sites for hydroxylation is 1. The lowest BCUT2D eigenvalue weighted by Crippen LogP contribution is -2.38. The summed E-state index contributed by atoms with van der Waals surface area (Å²) in [6, 6.07) is 15.1. The van der Waals surface area contributed by atoms with E-state index in [1.165, 1.54) is 12.5 Å². The van der Waals surface area contributed by atoms with E-state index in [2.05, 4.69) is 6.07 Å². The number of benzene rings is 2. The van der Waals surface area contributed by atoms with Crippen molar-refractivity contribution in [2.75, 3.05) is 22.9 Å². The van der Waals surface area contributed by atoms with Gasteiger partial charge in [-0.1, -0.05) is 29.8 Å². The minimum absolute atomic E-state index is 0.0485. The Morgan fingerprint density at radius 3 is 2.56 bits per heavy atom. The maximum atomic E-state index is 12.7. The molecule has 2 amide bonds. The predicted octanol–water partition coefficient (Wildman–Crippen LogP) is 4.06. The number of halogens is 1. The van der Waals surface area contributed by atoms with Crippen molar-refractivity contribution in [3.05, 3.63) is 59.1 Å². The molecule has 0 aliphatic carbocycles. The molecule has 25 heavy (non-hydrogen) atoms. The highest BCUT2D eigenvalue weighted by Gasteiger charge is 2.23. The van der Waals surface area contributed by atoms with Gasteiger partial charge in [-0.25, -0.2) is 0 Å². The van der Waals surface area contributed by atoms with Crippen LogP contribution in [0.3, 0.4) is 0 Å². The van der Waals surface area contributed by atoms with Crippen LogP contribution in [0.25, 0.3) is 0 Å². The third-order valence-corrected chi connectivity index (χ3v) is 4.73. The van der Waals surface area contributed by atoms with Crippen LogP contribution in [0.15, 0.2) is 48.5 Å². The molecule has 130 valence electrons. The molecule has 0 N–H and O–H groups in total. The second kappa shape index (κ2) is 7.70. The average molecular weight is 357 g/mol. The van der Waals surface area contributed by atoms with E-state index in [0.717, 1.165) is 30.8 Å². The van der Waals surface area contributed by atoms with Gasteiger partial charge in [-0.15, -0.1) is 0 Å². The highest BCUT2D eigenvalue weighted by Crippen LogP contribution is 2.27. The van der Waals surface area contributed by atoms with Crippen molar-refractivity contribution in [3.8, 4) is 0 Å². The van der Waals surface area contributed by atoms with Crippen LogP contribution in [0, 0.1) is 0 Å². The zero-order chi connectivity index (χ0) is 17.8. The van der Waals surface area contributed by atoms with Crippen molar-refractivity contribution in [2.45, 2.75) is 26.2 Å². The van der Waals surface area contributed by atoms with Gasteiger partial charge in [-0.05, 0) is 48.7 Å². The maximum absolute atomic E-state index is 12.7. The summed E-state index contributed by atoms with van der Waals surface area (Å²) >= 11 is 5.91. The summed E-state index contributed by atoms with van der Waals surface area (Å²) in [5.74, 6) is -0.0402. The fraction of sp³-hybridized carbons (Fsp3) is 0.300. The van der Waals surface area contributed by atoms with Gasteiger partial charge in [0.1, 0.15) is 0 Å². The number of hydrogen-bond acceptors (Lipinski definition) is 2. The van der Waals surface area contributed by atoms with E-state index in [-0.39, 0.29) is 18.2 Å². The van der Waals surface area contributed by atoms with Crippen LogP contribution in [0.4, 0.5) is 11.4 Å². The van der Waals surface area contributed by atoms with Gasteiger partial charge in [0.2, 0.25) is 11.8 Å². The first-order chi connectivity index (χ1) is 12.1. The number of rotatable bonds is 4. The number of anilines is 2. The molecule has 0 saturated heterocycles. The molecule has 0 saturated carbocycles. The lowest BCUT2D eigenvalue weighted by atomic mass is 10.0. The Balaban J connectivity index is 1.70. The Morgan fingerprint density at radius 1 is 1.12 bits per heavy atom. The van der Waals surface area contributed by atoms with Crippen molar-refractivity contribution >= 4 is 34.8 Å². The average Bonchev–Trinajstić information content (AvgIpc) is 2.62. The summed E-state index contributed by atoms with van der Waals surface area (Å²) in [6.07, 6.45) is 2.26. The van der Waals surface area contributed by atoms with Gasteiger partial charge in [0.25, 0.3) is 0 Å². The summed E-state index contributed by atoms with van der Waals surface area (Å²) in [5.41, 5.74) is 2.96. The molecule has 0 spiro atoms. The van der Waals surface area contributed by atoms with E-state index in [0.29, 0.717) is 11.6 Å². The zero-order valence-electron chi connectivity index (χ0n) is 14.2. The molecular weight excluding hydrogens is 336 g/mol. The van der Waals surface area contributed by atoms with Crippen LogP contribution in [-0.4, -0.2) is 24.9 Å². The van der Waals surface area contributed by atoms with Crippen molar-refractivity contribution in [1.29, 1.82) is 0 Å². The molecular formula is C20H21ClN2O2. The number of para-hydroxylation sites is 1. The van der Waals surface area contributed by atoms with E-state index in [4.69, 9.17) is 11.6 Å². The Labute approximate surface area is 153 Å². The first kappa shape index (κ1) is 17.5. The minimum atomic E-state index is -0.0887. The molecule has 0 fully saturated rings. The van der Waals surface area contributed by atoms with Gasteiger partial charge in [-0.2, -0.15) is 0 Å². The summed E-state index contributed by atoms with van der Waals surface area (Å²) < 4.78 is 0. The van der Waals surface area contributed by atoms with E-state index in [9.17, 15) is 9.59 Å². The normalized spacial score (nSPS) is 13.3. The topological polar surface area (TPSA) is 40.6 Å². The number of hydrogen-bond donors (Lipinski definition) is 0. The fourth-order valence-corrected chi connectivity index (χ4v) is 3.35. The Bertz CT molecular complexity index is 774. The molecule has 1 heterocycles. The number of nitrogens with zero attached hydrogens (tertiary/aromatic N) is 2. The number of amides is 2. The van der Waals surface area contributed by atoms with Crippen LogP contribution in [-0.2, 0) is 16.0 Å². The first-order valence-corrected chi connectivity index (χ1v) is 8.86. The van der Waals surface area contributed by atoms with Gasteiger partial charge in [0.15, 0.2) is 0 Å². The highest BCUT2D eigenvalue weighted by molar-refractivity contribution is 6.30. The van der Waals surface area contributed by atoms with E-state index >= 15 is 0 Å². The second-order valence-corrected chi connectivity index (χ2v) is 6.61. The van der Waals surface area contributed by atoms with Crippen molar-refractivity contribution in [1.82, 2.24) is 0 Å². The first-order valence-electron chi connectivity index (χ1n) is 8.48. The van der Waals surface area contributed by atoms with E-state index in [1.807, 2.05) is 23.1 Å². The van der Waals surface area contributed by atoms with E-state index in [1.54, 1.807) is 29.2 Å². The Morgan fingerprint density at radius 2 is 1.84 bits per heavy atom. The Hall–Kier alpha value is -2.33. The summed E-state index contributed by atoms with van der Waals surface area (Å²) in [5, 5.41) is 0.619. The molecule has 2 aromatic rings. The molecule has 0 aromatic heterocycles. The SMILES string of the molecule is CC(=O)N(CCC(=O)N1CCCc2ccccc21)c1ccc(Cl)cc1. The molecule has 0 unspecified atom stereocenters. The summed E-state index contributed by atoms with van der Waals surface area (Å²) in [7, 11) is 0. The molecule has 4 nitrogen and oxygen atoms in total. The third kappa shape index (κ3) is 4.02. The molecule has 0 radical (unpaired) electrons. The lowest BCUT2D eigenvalue weighted by molar-refractivity contribution is -0.118. The molecule has 1 aliphatic rings. The lowest BCUT2D eigenvalue weighted by Gasteiger charge is -2.30. The largest absolute Gasteiger partial charge is 0.312 e. The van der Waals surface area contributed by atoms with Crippen molar-refractivity contribution in [2.24, 2.45) is 0 Å². The molecule has 5 heteroatoms. The fourth-order valence-electron chi connectivity index (χ4n) is 3.22. The summed E-state index contributed by atoms with van der Waals surface area (Å²) in [6.45, 7) is 2.60. The van der Waals surface area contributed by atoms with Crippen LogP contribution < -0.4 is 9.80 Å². The third-order valence-electron chi connectivity index (χ3n) is 4.48. The summed E-state index contributed by atoms with van der Waals surface area (Å²) in [4.78, 5) is 28.2. The standard InChI is InChI=1S/C20H21ClN2O2/c1-15(24)22(18-10-8-17(21)9-11-18)14-12-20(25)23-13-4-6-16-5-2-3-7-19(16)23/h2-3,5,7-11H,4,6,12-14H2,1H3. The van der Waals surface area contributed by atoms with E-state index < -0.39 is 0 Å². The van der Waals surface area contributed by atoms with Crippen LogP contribution in [0.5, 0.6) is 0 Å². The van der Waals surface area contributed by atoms with Gasteiger partial charge in [0, 0.05) is 42.8 Å². The van der Waals surface area contributed by atoms with Crippen molar-refractivity contribution < 1.29 is 9.59 Å². The number of fused-ring (bicyclic) bond motifs is 1. The van der Waals surface area contributed by atoms with Gasteiger partial charge in [0.05, 0.1) is 0 Å². The second-order valence-electron chi connectivity index (χ2n) is 6.17. The number of carbonyl (C=O) groups excluding carboxylic acids is 2. The monoisotopic (exact) mass is 356 g/mol. The van der Waals surface area contributed by atoms with Crippen LogP contribution in [0.2, 0.25) is 5.02 Å². The zero-order valence-corrected chi connectivity index (χ0v) is 15.0. The Kier molecular flexibility index (Phi) is 5.39. The van der Waals surface area contributed by atoms with Gasteiger partial charge < -0.3 is 9.80 Å². The quantitative estimate of drug-likeness (QED) is 0.828. The predicted molar refractivity (Wildman–Crippen MR) is 101 cm³/mol. The van der Waals surface area contributed by atoms with Crippen LogP contribution >= 0.6 is 11.6 Å². The van der Waals surface area contributed by atoms with Crippen molar-refractivity contribution in [3.63, 3.8) is 0 Å². The molecule has 0 bridgehead atoms. The molecule has 1 aliphatic heterocycles. The minimum Gasteiger partial charge on any atom is -0.312 e. The smallest absolute Gasteiger partial charge is 0.228 e. The molecule has 0 atom stereocenters.